The summed E-state index contributed by atoms with van der Waals surface area (Å²) in [6, 6.07) is 4.05. The minimum atomic E-state index is -1.10. The van der Waals surface area contributed by atoms with Crippen LogP contribution in [0.3, 0.4) is 0 Å². The van der Waals surface area contributed by atoms with Gasteiger partial charge in [-0.15, -0.1) is 0 Å². The fourth-order valence-corrected chi connectivity index (χ4v) is 1.21. The van der Waals surface area contributed by atoms with Crippen LogP contribution in [-0.4, -0.2) is 30.8 Å². The van der Waals surface area contributed by atoms with Crippen molar-refractivity contribution in [3.05, 3.63) is 29.3 Å². The lowest BCUT2D eigenvalue weighted by Crippen LogP contribution is -2.07. The number of aromatic carboxylic acids is 1. The molecule has 1 rings (SSSR count). The SMILES string of the molecule is CCOC(=O)c1ccc(C(=O)O)c(OC)c1. The quantitative estimate of drug-likeness (QED) is 0.786. The van der Waals surface area contributed by atoms with Gasteiger partial charge in [0, 0.05) is 0 Å². The van der Waals surface area contributed by atoms with E-state index in [0.717, 1.165) is 0 Å². The van der Waals surface area contributed by atoms with E-state index in [1.165, 1.54) is 25.3 Å². The molecule has 1 aromatic rings. The Hall–Kier alpha value is -2.04. The number of carbonyl (C=O) groups excluding carboxylic acids is 1. The number of rotatable bonds is 4. The van der Waals surface area contributed by atoms with Gasteiger partial charge in [0.1, 0.15) is 11.3 Å². The summed E-state index contributed by atoms with van der Waals surface area (Å²) in [6.45, 7) is 1.96. The van der Waals surface area contributed by atoms with Gasteiger partial charge in [-0.05, 0) is 25.1 Å². The molecule has 5 heteroatoms. The molecule has 86 valence electrons. The Morgan fingerprint density at radius 2 is 2.06 bits per heavy atom. The van der Waals surface area contributed by atoms with Crippen molar-refractivity contribution in [1.82, 2.24) is 0 Å². The highest BCUT2D eigenvalue weighted by Crippen LogP contribution is 2.20. The molecular formula is C11H12O5. The largest absolute Gasteiger partial charge is 0.496 e. The van der Waals surface area contributed by atoms with Crippen molar-refractivity contribution in [1.29, 1.82) is 0 Å². The number of hydrogen-bond donors (Lipinski definition) is 1. The van der Waals surface area contributed by atoms with E-state index < -0.39 is 11.9 Å². The lowest BCUT2D eigenvalue weighted by Gasteiger charge is -2.07. The maximum absolute atomic E-state index is 11.4. The molecule has 16 heavy (non-hydrogen) atoms. The number of esters is 1. The number of carboxylic acid groups (broad SMARTS) is 1. The van der Waals surface area contributed by atoms with E-state index in [1.807, 2.05) is 0 Å². The van der Waals surface area contributed by atoms with E-state index >= 15 is 0 Å². The zero-order valence-electron chi connectivity index (χ0n) is 9.02. The summed E-state index contributed by atoms with van der Waals surface area (Å²) in [5.41, 5.74) is 0.277. The summed E-state index contributed by atoms with van der Waals surface area (Å²) in [5.74, 6) is -1.47. The van der Waals surface area contributed by atoms with Gasteiger partial charge in [-0.25, -0.2) is 9.59 Å². The maximum Gasteiger partial charge on any atom is 0.339 e. The van der Waals surface area contributed by atoms with Gasteiger partial charge in [-0.3, -0.25) is 0 Å². The van der Waals surface area contributed by atoms with Gasteiger partial charge < -0.3 is 14.6 Å². The second-order valence-corrected chi connectivity index (χ2v) is 2.94. The number of hydrogen-bond acceptors (Lipinski definition) is 4. The van der Waals surface area contributed by atoms with Gasteiger partial charge in [0.05, 0.1) is 19.3 Å². The molecular weight excluding hydrogens is 212 g/mol. The van der Waals surface area contributed by atoms with Crippen molar-refractivity contribution in [3.63, 3.8) is 0 Å². The fraction of sp³-hybridized carbons (Fsp3) is 0.273. The molecule has 1 aromatic carbocycles. The van der Waals surface area contributed by atoms with Crippen molar-refractivity contribution < 1.29 is 24.2 Å². The van der Waals surface area contributed by atoms with Gasteiger partial charge >= 0.3 is 11.9 Å². The molecule has 0 aromatic heterocycles. The predicted octanol–water partition coefficient (Wildman–Crippen LogP) is 1.57. The minimum absolute atomic E-state index is 0.00977. The summed E-state index contributed by atoms with van der Waals surface area (Å²) in [5, 5.41) is 8.83. The lowest BCUT2D eigenvalue weighted by atomic mass is 10.1. The van der Waals surface area contributed by atoms with Crippen LogP contribution < -0.4 is 4.74 Å². The lowest BCUT2D eigenvalue weighted by molar-refractivity contribution is 0.0524. The summed E-state index contributed by atoms with van der Waals surface area (Å²) >= 11 is 0. The minimum Gasteiger partial charge on any atom is -0.496 e. The van der Waals surface area contributed by atoms with Crippen LogP contribution in [0, 0.1) is 0 Å². The maximum atomic E-state index is 11.4. The molecule has 0 aliphatic rings. The molecule has 0 spiro atoms. The first kappa shape index (κ1) is 12.0. The number of carboxylic acids is 1. The molecule has 0 bridgehead atoms. The highest BCUT2D eigenvalue weighted by Gasteiger charge is 2.14. The summed E-state index contributed by atoms with van der Waals surface area (Å²) in [4.78, 5) is 22.2. The average Bonchev–Trinajstić information content (AvgIpc) is 2.28. The third-order valence-electron chi connectivity index (χ3n) is 1.94. The molecule has 0 amide bonds. The molecule has 0 fully saturated rings. The van der Waals surface area contributed by atoms with E-state index in [9.17, 15) is 9.59 Å². The predicted molar refractivity (Wildman–Crippen MR) is 55.9 cm³/mol. The smallest absolute Gasteiger partial charge is 0.339 e. The molecule has 1 N–H and O–H groups in total. The van der Waals surface area contributed by atoms with Gasteiger partial charge in [-0.1, -0.05) is 0 Å². The molecule has 0 atom stereocenters. The number of ether oxygens (including phenoxy) is 2. The monoisotopic (exact) mass is 224 g/mol. The van der Waals surface area contributed by atoms with Gasteiger partial charge in [-0.2, -0.15) is 0 Å². The van der Waals surface area contributed by atoms with Crippen molar-refractivity contribution >= 4 is 11.9 Å². The third-order valence-corrected chi connectivity index (χ3v) is 1.94. The van der Waals surface area contributed by atoms with E-state index in [1.54, 1.807) is 6.92 Å². The zero-order valence-corrected chi connectivity index (χ0v) is 9.02. The third kappa shape index (κ3) is 2.50. The van der Waals surface area contributed by atoms with E-state index in [2.05, 4.69) is 0 Å². The number of methoxy groups -OCH3 is 1. The first-order valence-corrected chi connectivity index (χ1v) is 4.68. The highest BCUT2D eigenvalue weighted by molar-refractivity contribution is 5.95. The first-order valence-electron chi connectivity index (χ1n) is 4.68. The molecule has 0 aliphatic carbocycles. The summed E-state index contributed by atoms with van der Waals surface area (Å²) < 4.78 is 9.67. The van der Waals surface area contributed by atoms with E-state index in [0.29, 0.717) is 0 Å². The second kappa shape index (κ2) is 5.16. The second-order valence-electron chi connectivity index (χ2n) is 2.94. The van der Waals surface area contributed by atoms with Crippen LogP contribution in [-0.2, 0) is 4.74 Å². The summed E-state index contributed by atoms with van der Waals surface area (Å²) in [7, 11) is 1.34. The number of carbonyl (C=O) groups is 2. The highest BCUT2D eigenvalue weighted by atomic mass is 16.5. The van der Waals surface area contributed by atoms with Crippen LogP contribution in [0.4, 0.5) is 0 Å². The van der Waals surface area contributed by atoms with E-state index in [4.69, 9.17) is 14.6 Å². The van der Waals surface area contributed by atoms with Gasteiger partial charge in [0.15, 0.2) is 0 Å². The van der Waals surface area contributed by atoms with Crippen molar-refractivity contribution in [2.75, 3.05) is 13.7 Å². The molecule has 0 heterocycles. The summed E-state index contributed by atoms with van der Waals surface area (Å²) in [6.07, 6.45) is 0. The Morgan fingerprint density at radius 1 is 1.38 bits per heavy atom. The number of benzene rings is 1. The Balaban J connectivity index is 3.08. The molecule has 0 unspecified atom stereocenters. The first-order chi connectivity index (χ1) is 7.60. The van der Waals surface area contributed by atoms with Crippen LogP contribution in [0.2, 0.25) is 0 Å². The van der Waals surface area contributed by atoms with Crippen molar-refractivity contribution in [3.8, 4) is 5.75 Å². The van der Waals surface area contributed by atoms with Crippen LogP contribution in [0.5, 0.6) is 5.75 Å². The average molecular weight is 224 g/mol. The van der Waals surface area contributed by atoms with Crippen LogP contribution in [0.1, 0.15) is 27.6 Å². The van der Waals surface area contributed by atoms with Crippen molar-refractivity contribution in [2.24, 2.45) is 0 Å². The molecule has 0 saturated carbocycles. The normalized spacial score (nSPS) is 9.62. The Bertz CT molecular complexity index is 411. The van der Waals surface area contributed by atoms with Gasteiger partial charge in [0.2, 0.25) is 0 Å². The Morgan fingerprint density at radius 3 is 2.56 bits per heavy atom. The van der Waals surface area contributed by atoms with Crippen LogP contribution in [0.15, 0.2) is 18.2 Å². The van der Waals surface area contributed by atoms with E-state index in [-0.39, 0.29) is 23.5 Å². The van der Waals surface area contributed by atoms with Crippen molar-refractivity contribution in [2.45, 2.75) is 6.92 Å². The molecule has 0 aliphatic heterocycles. The van der Waals surface area contributed by atoms with Gasteiger partial charge in [0.25, 0.3) is 0 Å². The zero-order chi connectivity index (χ0) is 12.1. The Labute approximate surface area is 92.6 Å². The molecule has 0 radical (unpaired) electrons. The van der Waals surface area contributed by atoms with Crippen LogP contribution in [0.25, 0.3) is 0 Å². The standard InChI is InChI=1S/C11H12O5/c1-3-16-11(14)7-4-5-8(10(12)13)9(6-7)15-2/h4-6H,3H2,1-2H3,(H,12,13). The molecule has 0 saturated heterocycles. The fourth-order valence-electron chi connectivity index (χ4n) is 1.21. The molecule has 5 nitrogen and oxygen atoms in total. The Kier molecular flexibility index (Phi) is 3.88. The van der Waals surface area contributed by atoms with Crippen LogP contribution >= 0.6 is 0 Å². The topological polar surface area (TPSA) is 72.8 Å².